The molecule has 0 aromatic rings. The molecule has 16 heavy (non-hydrogen) atoms. The zero-order valence-corrected chi connectivity index (χ0v) is 7.64. The van der Waals surface area contributed by atoms with Crippen LogP contribution in [0.25, 0.3) is 0 Å². The highest BCUT2D eigenvalue weighted by Gasteiger charge is 2.63. The van der Waals surface area contributed by atoms with Crippen molar-refractivity contribution in [1.82, 2.24) is 0 Å². The van der Waals surface area contributed by atoms with Crippen molar-refractivity contribution in [1.29, 1.82) is 0 Å². The van der Waals surface area contributed by atoms with Crippen LogP contribution in [0.5, 0.6) is 0 Å². The monoisotopic (exact) mass is 237 g/mol. The van der Waals surface area contributed by atoms with E-state index in [0.29, 0.717) is 12.2 Å². The van der Waals surface area contributed by atoms with Gasteiger partial charge in [-0.1, -0.05) is 12.2 Å². The lowest BCUT2D eigenvalue weighted by Gasteiger charge is -2.24. The average molecular weight is 237 g/mol. The summed E-state index contributed by atoms with van der Waals surface area (Å²) < 4.78 is 37.5. The molecule has 1 aliphatic carbocycles. The van der Waals surface area contributed by atoms with Gasteiger partial charge in [0, 0.05) is 17.1 Å². The van der Waals surface area contributed by atoms with Crippen LogP contribution < -0.4 is 0 Å². The number of hydrogen-bond acceptors (Lipinski definition) is 3. The number of alkyl halides is 3. The second kappa shape index (κ2) is 3.62. The van der Waals surface area contributed by atoms with Gasteiger partial charge in [0.2, 0.25) is 0 Å². The van der Waals surface area contributed by atoms with Gasteiger partial charge < -0.3 is 5.11 Å². The first kappa shape index (κ1) is 12.2. The molecule has 1 N–H and O–H groups in total. The maximum absolute atomic E-state index is 12.5. The number of nitro groups is 1. The van der Waals surface area contributed by atoms with Crippen molar-refractivity contribution in [2.24, 2.45) is 5.92 Å². The highest BCUT2D eigenvalue weighted by molar-refractivity contribution is 5.75. The molecular formula is C8H6F3NO4. The van der Waals surface area contributed by atoms with E-state index in [1.54, 1.807) is 0 Å². The summed E-state index contributed by atoms with van der Waals surface area (Å²) >= 11 is 0. The van der Waals surface area contributed by atoms with Crippen molar-refractivity contribution in [3.8, 4) is 0 Å². The Morgan fingerprint density at radius 2 is 1.81 bits per heavy atom. The maximum atomic E-state index is 12.5. The fraction of sp³-hybridized carbons (Fsp3) is 0.375. The van der Waals surface area contributed by atoms with Crippen LogP contribution >= 0.6 is 0 Å². The first-order valence-corrected chi connectivity index (χ1v) is 4.03. The number of aliphatic carboxylic acids is 1. The predicted molar refractivity (Wildman–Crippen MR) is 45.2 cm³/mol. The van der Waals surface area contributed by atoms with Gasteiger partial charge in [-0.05, 0) is 0 Å². The summed E-state index contributed by atoms with van der Waals surface area (Å²) in [6, 6.07) is 0. The standard InChI is InChI=1S/C8H6F3NO4/c9-8(10,11)7(12(15)16)3-1-5(2-4-7)6(13)14/h1-5H,(H,13,14). The molecule has 0 unspecified atom stereocenters. The van der Waals surface area contributed by atoms with E-state index in [-0.39, 0.29) is 12.2 Å². The van der Waals surface area contributed by atoms with Crippen LogP contribution in [-0.2, 0) is 4.79 Å². The van der Waals surface area contributed by atoms with E-state index in [4.69, 9.17) is 5.11 Å². The maximum Gasteiger partial charge on any atom is 0.468 e. The molecule has 5 nitrogen and oxygen atoms in total. The number of halogens is 3. The smallest absolute Gasteiger partial charge is 0.468 e. The molecule has 8 heteroatoms. The molecular weight excluding hydrogens is 231 g/mol. The van der Waals surface area contributed by atoms with Crippen LogP contribution in [0.15, 0.2) is 24.3 Å². The van der Waals surface area contributed by atoms with E-state index in [9.17, 15) is 28.1 Å². The molecule has 0 aromatic heterocycles. The number of nitrogens with zero attached hydrogens (tertiary/aromatic N) is 1. The van der Waals surface area contributed by atoms with E-state index in [2.05, 4.69) is 0 Å². The summed E-state index contributed by atoms with van der Waals surface area (Å²) in [7, 11) is 0. The van der Waals surface area contributed by atoms with E-state index in [1.165, 1.54) is 0 Å². The molecule has 1 rings (SSSR count). The number of carboxylic acids is 1. The molecule has 0 aromatic carbocycles. The quantitative estimate of drug-likeness (QED) is 0.447. The van der Waals surface area contributed by atoms with Gasteiger partial charge in [0.25, 0.3) is 0 Å². The third-order valence-corrected chi connectivity index (χ3v) is 2.16. The molecule has 0 heterocycles. The van der Waals surface area contributed by atoms with Gasteiger partial charge in [-0.3, -0.25) is 14.9 Å². The minimum Gasteiger partial charge on any atom is -0.481 e. The molecule has 0 spiro atoms. The molecule has 0 radical (unpaired) electrons. The average Bonchev–Trinajstić information content (AvgIpc) is 2.15. The van der Waals surface area contributed by atoms with E-state index in [0.717, 1.165) is 0 Å². The van der Waals surface area contributed by atoms with E-state index in [1.807, 2.05) is 0 Å². The third-order valence-electron chi connectivity index (χ3n) is 2.16. The molecule has 0 saturated carbocycles. The summed E-state index contributed by atoms with van der Waals surface area (Å²) in [6.07, 6.45) is -3.29. The Morgan fingerprint density at radius 3 is 2.06 bits per heavy atom. The second-order valence-electron chi connectivity index (χ2n) is 3.16. The zero-order chi connectivity index (χ0) is 12.6. The van der Waals surface area contributed by atoms with Crippen molar-refractivity contribution in [2.45, 2.75) is 11.7 Å². The van der Waals surface area contributed by atoms with Crippen LogP contribution in [0.4, 0.5) is 13.2 Å². The fourth-order valence-corrected chi connectivity index (χ4v) is 1.20. The fourth-order valence-electron chi connectivity index (χ4n) is 1.20. The van der Waals surface area contributed by atoms with Gasteiger partial charge in [0.05, 0.1) is 5.92 Å². The van der Waals surface area contributed by atoms with Crippen LogP contribution in [-0.4, -0.2) is 27.7 Å². The SMILES string of the molecule is O=C(O)C1C=CC([N+](=O)[O-])(C(F)(F)F)C=C1. The van der Waals surface area contributed by atoms with Crippen LogP contribution in [0.3, 0.4) is 0 Å². The Bertz CT molecular complexity index is 371. The Balaban J connectivity index is 3.13. The van der Waals surface area contributed by atoms with Gasteiger partial charge in [-0.15, -0.1) is 0 Å². The van der Waals surface area contributed by atoms with Crippen molar-refractivity contribution in [3.63, 3.8) is 0 Å². The molecule has 88 valence electrons. The number of hydrogen-bond donors (Lipinski definition) is 1. The van der Waals surface area contributed by atoms with Gasteiger partial charge >= 0.3 is 17.7 Å². The normalized spacial score (nSPS) is 29.1. The lowest BCUT2D eigenvalue weighted by Crippen LogP contribution is -2.49. The summed E-state index contributed by atoms with van der Waals surface area (Å²) in [5.41, 5.74) is -3.32. The Morgan fingerprint density at radius 1 is 1.38 bits per heavy atom. The first-order chi connectivity index (χ1) is 7.21. The number of carboxylic acid groups (broad SMARTS) is 1. The minimum atomic E-state index is -5.10. The van der Waals surface area contributed by atoms with Crippen LogP contribution in [0.2, 0.25) is 0 Å². The highest BCUT2D eigenvalue weighted by Crippen LogP contribution is 2.38. The van der Waals surface area contributed by atoms with Crippen molar-refractivity contribution in [2.75, 3.05) is 0 Å². The number of carbonyl (C=O) groups is 1. The largest absolute Gasteiger partial charge is 0.481 e. The van der Waals surface area contributed by atoms with Crippen LogP contribution in [0, 0.1) is 16.0 Å². The third kappa shape index (κ3) is 1.77. The minimum absolute atomic E-state index is 0.256. The summed E-state index contributed by atoms with van der Waals surface area (Å²) in [4.78, 5) is 19.4. The summed E-state index contributed by atoms with van der Waals surface area (Å²) in [5.74, 6) is -2.64. The van der Waals surface area contributed by atoms with Gasteiger partial charge in [0.15, 0.2) is 0 Å². The topological polar surface area (TPSA) is 80.4 Å². The molecule has 0 saturated heterocycles. The lowest BCUT2D eigenvalue weighted by atomic mass is 9.89. The second-order valence-corrected chi connectivity index (χ2v) is 3.16. The molecule has 0 atom stereocenters. The lowest BCUT2D eigenvalue weighted by molar-refractivity contribution is -0.582. The van der Waals surface area contributed by atoms with Gasteiger partial charge in [-0.2, -0.15) is 13.2 Å². The van der Waals surface area contributed by atoms with Gasteiger partial charge in [-0.25, -0.2) is 0 Å². The Labute approximate surface area is 87.0 Å². The molecule has 1 aliphatic rings. The molecule has 0 amide bonds. The molecule has 0 aliphatic heterocycles. The Kier molecular flexibility index (Phi) is 2.76. The van der Waals surface area contributed by atoms with Crippen molar-refractivity contribution < 1.29 is 28.0 Å². The van der Waals surface area contributed by atoms with E-state index >= 15 is 0 Å². The first-order valence-electron chi connectivity index (χ1n) is 4.03. The molecule has 0 bridgehead atoms. The predicted octanol–water partition coefficient (Wildman–Crippen LogP) is 1.39. The van der Waals surface area contributed by atoms with Crippen molar-refractivity contribution in [3.05, 3.63) is 34.4 Å². The van der Waals surface area contributed by atoms with Gasteiger partial charge in [0.1, 0.15) is 0 Å². The summed E-state index contributed by atoms with van der Waals surface area (Å²) in [6.45, 7) is 0. The summed E-state index contributed by atoms with van der Waals surface area (Å²) in [5, 5.41) is 18.9. The Hall–Kier alpha value is -1.86. The van der Waals surface area contributed by atoms with Crippen LogP contribution in [0.1, 0.15) is 0 Å². The number of rotatable bonds is 2. The van der Waals surface area contributed by atoms with E-state index < -0.39 is 28.5 Å². The van der Waals surface area contributed by atoms with Crippen molar-refractivity contribution >= 4 is 5.97 Å². The molecule has 0 fully saturated rings. The zero-order valence-electron chi connectivity index (χ0n) is 7.64. The highest BCUT2D eigenvalue weighted by atomic mass is 19.4.